The normalized spacial score (nSPS) is 11.3. The molecule has 2 aromatic rings. The Labute approximate surface area is 112 Å². The summed E-state index contributed by atoms with van der Waals surface area (Å²) < 4.78 is 16.5. The van der Waals surface area contributed by atoms with Crippen molar-refractivity contribution in [3.8, 4) is 11.5 Å². The summed E-state index contributed by atoms with van der Waals surface area (Å²) in [4.78, 5) is 0. The van der Waals surface area contributed by atoms with E-state index in [1.807, 2.05) is 30.3 Å². The molecule has 0 aliphatic heterocycles. The van der Waals surface area contributed by atoms with Gasteiger partial charge in [0.25, 0.3) is 0 Å². The molecule has 0 fully saturated rings. The van der Waals surface area contributed by atoms with Crippen LogP contribution >= 0.6 is 0 Å². The van der Waals surface area contributed by atoms with Crippen molar-refractivity contribution in [1.82, 2.24) is 0 Å². The van der Waals surface area contributed by atoms with Crippen LogP contribution in [0, 0.1) is 0 Å². The smallest absolute Gasteiger partial charge is 0.355 e. The Hall–Kier alpha value is -2.04. The van der Waals surface area contributed by atoms with Crippen molar-refractivity contribution in [3.05, 3.63) is 60.2 Å². The van der Waals surface area contributed by atoms with Crippen LogP contribution in [0.25, 0.3) is 0 Å². The SMILES string of the molecule is COC(OC)(Oc1cccc(O)c1)c1ccccc1. The second kappa shape index (κ2) is 5.73. The lowest BCUT2D eigenvalue weighted by Gasteiger charge is -2.31. The summed E-state index contributed by atoms with van der Waals surface area (Å²) in [7, 11) is 3.00. The standard InChI is InChI=1S/C15H16O4/c1-17-15(18-2,12-7-4-3-5-8-12)19-14-10-6-9-13(16)11-14/h3-11,16H,1-2H3. The van der Waals surface area contributed by atoms with Crippen molar-refractivity contribution in [1.29, 1.82) is 0 Å². The lowest BCUT2D eigenvalue weighted by molar-refractivity contribution is -0.334. The fourth-order valence-corrected chi connectivity index (χ4v) is 1.81. The van der Waals surface area contributed by atoms with E-state index < -0.39 is 5.97 Å². The molecule has 0 amide bonds. The lowest BCUT2D eigenvalue weighted by Crippen LogP contribution is -2.37. The summed E-state index contributed by atoms with van der Waals surface area (Å²) in [6.07, 6.45) is 0. The van der Waals surface area contributed by atoms with Gasteiger partial charge in [0.15, 0.2) is 0 Å². The minimum absolute atomic E-state index is 0.117. The summed E-state index contributed by atoms with van der Waals surface area (Å²) >= 11 is 0. The van der Waals surface area contributed by atoms with E-state index in [2.05, 4.69) is 0 Å². The molecule has 1 N–H and O–H groups in total. The van der Waals surface area contributed by atoms with Gasteiger partial charge in [0.2, 0.25) is 0 Å². The van der Waals surface area contributed by atoms with Gasteiger partial charge in [-0.15, -0.1) is 0 Å². The number of aromatic hydroxyl groups is 1. The highest BCUT2D eigenvalue weighted by Gasteiger charge is 2.35. The van der Waals surface area contributed by atoms with Crippen LogP contribution in [-0.4, -0.2) is 19.3 Å². The molecule has 4 nitrogen and oxygen atoms in total. The maximum absolute atomic E-state index is 9.46. The predicted octanol–water partition coefficient (Wildman–Crippen LogP) is 2.87. The van der Waals surface area contributed by atoms with Gasteiger partial charge in [-0.05, 0) is 24.3 Å². The van der Waals surface area contributed by atoms with Crippen molar-refractivity contribution in [2.75, 3.05) is 14.2 Å². The molecule has 0 radical (unpaired) electrons. The zero-order valence-electron chi connectivity index (χ0n) is 10.9. The van der Waals surface area contributed by atoms with E-state index in [1.54, 1.807) is 18.2 Å². The van der Waals surface area contributed by atoms with Crippen LogP contribution in [0.5, 0.6) is 11.5 Å². The Balaban J connectivity index is 2.35. The van der Waals surface area contributed by atoms with Crippen LogP contribution < -0.4 is 4.74 Å². The molecule has 0 aliphatic rings. The predicted molar refractivity (Wildman–Crippen MR) is 70.9 cm³/mol. The summed E-state index contributed by atoms with van der Waals surface area (Å²) in [6, 6.07) is 15.8. The van der Waals surface area contributed by atoms with E-state index in [1.165, 1.54) is 20.3 Å². The van der Waals surface area contributed by atoms with Gasteiger partial charge in [-0.25, -0.2) is 0 Å². The molecule has 4 heteroatoms. The fraction of sp³-hybridized carbons (Fsp3) is 0.200. The summed E-state index contributed by atoms with van der Waals surface area (Å²) in [5.74, 6) is -0.770. The van der Waals surface area contributed by atoms with Crippen LogP contribution in [0.1, 0.15) is 5.56 Å². The number of hydrogen-bond donors (Lipinski definition) is 1. The molecule has 2 aromatic carbocycles. The van der Waals surface area contributed by atoms with Crippen molar-refractivity contribution in [3.63, 3.8) is 0 Å². The topological polar surface area (TPSA) is 47.9 Å². The molecule has 0 spiro atoms. The van der Waals surface area contributed by atoms with Crippen LogP contribution in [0.2, 0.25) is 0 Å². The van der Waals surface area contributed by atoms with Gasteiger partial charge < -0.3 is 19.3 Å². The molecule has 0 atom stereocenters. The number of phenolic OH excluding ortho intramolecular Hbond substituents is 1. The van der Waals surface area contributed by atoms with Crippen LogP contribution in [0.3, 0.4) is 0 Å². The highest BCUT2D eigenvalue weighted by Crippen LogP contribution is 2.31. The lowest BCUT2D eigenvalue weighted by atomic mass is 10.2. The Bertz CT molecular complexity index is 521. The number of hydrogen-bond acceptors (Lipinski definition) is 4. The number of methoxy groups -OCH3 is 2. The number of phenols is 1. The molecule has 0 aromatic heterocycles. The second-order valence-corrected chi connectivity index (χ2v) is 3.93. The first-order valence-electron chi connectivity index (χ1n) is 5.84. The second-order valence-electron chi connectivity index (χ2n) is 3.93. The summed E-state index contributed by atoms with van der Waals surface area (Å²) in [5, 5.41) is 9.46. The maximum atomic E-state index is 9.46. The summed E-state index contributed by atoms with van der Waals surface area (Å²) in [6.45, 7) is 0. The zero-order chi connectivity index (χ0) is 13.7. The molecule has 100 valence electrons. The first-order valence-corrected chi connectivity index (χ1v) is 5.84. The maximum Gasteiger partial charge on any atom is 0.355 e. The molecule has 0 saturated carbocycles. The first-order chi connectivity index (χ1) is 9.20. The Morgan fingerprint density at radius 3 is 2.16 bits per heavy atom. The average Bonchev–Trinajstić information content (AvgIpc) is 2.46. The third-order valence-electron chi connectivity index (χ3n) is 2.73. The number of rotatable bonds is 5. The third kappa shape index (κ3) is 2.86. The van der Waals surface area contributed by atoms with Gasteiger partial charge >= 0.3 is 5.97 Å². The number of benzene rings is 2. The van der Waals surface area contributed by atoms with Crippen molar-refractivity contribution in [2.24, 2.45) is 0 Å². The van der Waals surface area contributed by atoms with Crippen LogP contribution in [-0.2, 0) is 15.4 Å². The molecule has 19 heavy (non-hydrogen) atoms. The Morgan fingerprint density at radius 1 is 0.895 bits per heavy atom. The minimum Gasteiger partial charge on any atom is -0.508 e. The van der Waals surface area contributed by atoms with Crippen molar-refractivity contribution >= 4 is 0 Å². The van der Waals surface area contributed by atoms with E-state index in [4.69, 9.17) is 14.2 Å². The van der Waals surface area contributed by atoms with E-state index >= 15 is 0 Å². The molecule has 0 saturated heterocycles. The van der Waals surface area contributed by atoms with Crippen LogP contribution in [0.15, 0.2) is 54.6 Å². The van der Waals surface area contributed by atoms with Gasteiger partial charge in [-0.1, -0.05) is 24.3 Å². The van der Waals surface area contributed by atoms with E-state index in [9.17, 15) is 5.11 Å². The van der Waals surface area contributed by atoms with Gasteiger partial charge in [-0.3, -0.25) is 0 Å². The van der Waals surface area contributed by atoms with E-state index in [0.717, 1.165) is 5.56 Å². The summed E-state index contributed by atoms with van der Waals surface area (Å²) in [5.41, 5.74) is 0.725. The van der Waals surface area contributed by atoms with Gasteiger partial charge in [-0.2, -0.15) is 0 Å². The zero-order valence-corrected chi connectivity index (χ0v) is 10.9. The third-order valence-corrected chi connectivity index (χ3v) is 2.73. The largest absolute Gasteiger partial charge is 0.508 e. The molecular weight excluding hydrogens is 244 g/mol. The van der Waals surface area contributed by atoms with Crippen LogP contribution in [0.4, 0.5) is 0 Å². The molecule has 2 rings (SSSR count). The Morgan fingerprint density at radius 2 is 1.58 bits per heavy atom. The van der Waals surface area contributed by atoms with Gasteiger partial charge in [0.1, 0.15) is 11.5 Å². The number of ether oxygens (including phenoxy) is 3. The monoisotopic (exact) mass is 260 g/mol. The van der Waals surface area contributed by atoms with Crippen molar-refractivity contribution in [2.45, 2.75) is 5.97 Å². The highest BCUT2D eigenvalue weighted by molar-refractivity contribution is 5.32. The molecule has 0 unspecified atom stereocenters. The first kappa shape index (κ1) is 13.4. The molecular formula is C15H16O4. The van der Waals surface area contributed by atoms with Gasteiger partial charge in [0.05, 0.1) is 5.56 Å². The van der Waals surface area contributed by atoms with Gasteiger partial charge in [0, 0.05) is 20.3 Å². The average molecular weight is 260 g/mol. The van der Waals surface area contributed by atoms with Crippen molar-refractivity contribution < 1.29 is 19.3 Å². The molecule has 0 bridgehead atoms. The minimum atomic E-state index is -1.34. The van der Waals surface area contributed by atoms with E-state index in [0.29, 0.717) is 5.75 Å². The molecule has 0 aliphatic carbocycles. The molecule has 0 heterocycles. The highest BCUT2D eigenvalue weighted by atomic mass is 16.9. The van der Waals surface area contributed by atoms with E-state index in [-0.39, 0.29) is 5.75 Å². The Kier molecular flexibility index (Phi) is 4.04. The fourth-order valence-electron chi connectivity index (χ4n) is 1.81. The quantitative estimate of drug-likeness (QED) is 0.840.